The van der Waals surface area contributed by atoms with Crippen LogP contribution in [0.1, 0.15) is 47.7 Å². The van der Waals surface area contributed by atoms with Crippen molar-refractivity contribution in [1.82, 2.24) is 5.43 Å². The summed E-state index contributed by atoms with van der Waals surface area (Å²) in [6, 6.07) is 9.02. The summed E-state index contributed by atoms with van der Waals surface area (Å²) in [4.78, 5) is 23.4. The molecule has 27 heavy (non-hydrogen) atoms. The third-order valence-corrected chi connectivity index (χ3v) is 4.42. The Morgan fingerprint density at radius 2 is 1.96 bits per heavy atom. The molecule has 2 aromatic rings. The molecule has 142 valence electrons. The van der Waals surface area contributed by atoms with Gasteiger partial charge in [-0.05, 0) is 30.9 Å². The van der Waals surface area contributed by atoms with Crippen LogP contribution in [-0.2, 0) is 11.2 Å². The summed E-state index contributed by atoms with van der Waals surface area (Å²) in [5.74, 6) is -0.396. The van der Waals surface area contributed by atoms with Gasteiger partial charge in [-0.15, -0.1) is 0 Å². The first-order valence-electron chi connectivity index (χ1n) is 8.66. The number of hydrazone groups is 1. The quantitative estimate of drug-likeness (QED) is 0.787. The molecule has 0 atom stereocenters. The van der Waals surface area contributed by atoms with E-state index in [1.54, 1.807) is 19.1 Å². The lowest BCUT2D eigenvalue weighted by Gasteiger charge is -2.29. The number of para-hydroxylation sites is 1. The molecule has 0 unspecified atom stereocenters. The Morgan fingerprint density at radius 1 is 1.26 bits per heavy atom. The molecule has 0 fully saturated rings. The van der Waals surface area contributed by atoms with Crippen molar-refractivity contribution >= 4 is 17.6 Å². The van der Waals surface area contributed by atoms with E-state index in [1.165, 1.54) is 0 Å². The van der Waals surface area contributed by atoms with Crippen LogP contribution in [0.4, 0.5) is 0 Å². The molecule has 0 bridgehead atoms. The number of hydrogen-bond acceptors (Lipinski definition) is 5. The van der Waals surface area contributed by atoms with Crippen LogP contribution in [0, 0.1) is 12.3 Å². The summed E-state index contributed by atoms with van der Waals surface area (Å²) in [6.45, 7) is 5.62. The first kappa shape index (κ1) is 18.7. The minimum absolute atomic E-state index is 0.0795. The topological polar surface area (TPSA) is 101 Å². The maximum absolute atomic E-state index is 12.1. The van der Waals surface area contributed by atoms with Crippen molar-refractivity contribution in [2.45, 2.75) is 33.6 Å². The van der Waals surface area contributed by atoms with Crippen LogP contribution in [-0.4, -0.2) is 29.3 Å². The number of nitrogens with one attached hydrogen (secondary N) is 1. The van der Waals surface area contributed by atoms with E-state index in [-0.39, 0.29) is 17.8 Å². The van der Waals surface area contributed by atoms with Crippen LogP contribution in [0.5, 0.6) is 5.75 Å². The lowest BCUT2D eigenvalue weighted by molar-refractivity contribution is -0.123. The Morgan fingerprint density at radius 3 is 2.63 bits per heavy atom. The smallest absolute Gasteiger partial charge is 0.372 e. The maximum atomic E-state index is 12.1. The van der Waals surface area contributed by atoms with Crippen LogP contribution in [0.3, 0.4) is 0 Å². The normalized spacial score (nSPS) is 16.6. The monoisotopic (exact) mass is 370 g/mol. The number of aromatic carboxylic acids is 1. The van der Waals surface area contributed by atoms with Crippen molar-refractivity contribution in [3.05, 3.63) is 53.0 Å². The zero-order valence-corrected chi connectivity index (χ0v) is 15.5. The van der Waals surface area contributed by atoms with E-state index in [1.807, 2.05) is 32.0 Å². The molecule has 7 heteroatoms. The molecule has 0 radical (unpaired) electrons. The van der Waals surface area contributed by atoms with Gasteiger partial charge in [0.05, 0.1) is 5.71 Å². The summed E-state index contributed by atoms with van der Waals surface area (Å²) >= 11 is 0. The van der Waals surface area contributed by atoms with Crippen LogP contribution >= 0.6 is 0 Å². The van der Waals surface area contributed by atoms with Crippen molar-refractivity contribution in [3.63, 3.8) is 0 Å². The van der Waals surface area contributed by atoms with E-state index < -0.39 is 11.9 Å². The number of fused-ring (bicyclic) bond motifs is 1. The van der Waals surface area contributed by atoms with E-state index in [2.05, 4.69) is 10.5 Å². The summed E-state index contributed by atoms with van der Waals surface area (Å²) in [5.41, 5.74) is 4.17. The van der Waals surface area contributed by atoms with Gasteiger partial charge in [0.25, 0.3) is 5.91 Å². The van der Waals surface area contributed by atoms with Crippen molar-refractivity contribution in [2.75, 3.05) is 6.61 Å². The number of amides is 1. The molecule has 1 aromatic heterocycles. The predicted octanol–water partition coefficient (Wildman–Crippen LogP) is 3.16. The van der Waals surface area contributed by atoms with E-state index in [4.69, 9.17) is 9.15 Å². The first-order chi connectivity index (χ1) is 12.8. The van der Waals surface area contributed by atoms with Crippen LogP contribution in [0.25, 0.3) is 0 Å². The number of ether oxygens (including phenoxy) is 1. The average molecular weight is 370 g/mol. The maximum Gasteiger partial charge on any atom is 0.372 e. The van der Waals surface area contributed by atoms with Gasteiger partial charge in [0, 0.05) is 17.5 Å². The van der Waals surface area contributed by atoms with Gasteiger partial charge in [0.15, 0.2) is 6.61 Å². The highest BCUT2D eigenvalue weighted by Gasteiger charge is 2.36. The molecule has 1 aromatic carbocycles. The third kappa shape index (κ3) is 4.19. The summed E-state index contributed by atoms with van der Waals surface area (Å²) in [6.07, 6.45) is 1.21. The summed E-state index contributed by atoms with van der Waals surface area (Å²) < 4.78 is 11.0. The second-order valence-electron chi connectivity index (χ2n) is 7.37. The lowest BCUT2D eigenvalue weighted by Crippen LogP contribution is -2.31. The van der Waals surface area contributed by atoms with Gasteiger partial charge in [0.1, 0.15) is 11.5 Å². The number of carboxylic acids is 1. The molecule has 0 saturated carbocycles. The molecule has 7 nitrogen and oxygen atoms in total. The van der Waals surface area contributed by atoms with Gasteiger partial charge in [0.2, 0.25) is 5.76 Å². The molecule has 2 N–H and O–H groups in total. The fraction of sp³-hybridized carbons (Fsp3) is 0.350. The number of carbonyl (C=O) groups is 2. The number of rotatable bonds is 5. The minimum atomic E-state index is -1.11. The predicted molar refractivity (Wildman–Crippen MR) is 99.1 cm³/mol. The average Bonchev–Trinajstić information content (AvgIpc) is 2.94. The Hall–Kier alpha value is -3.09. The fourth-order valence-corrected chi connectivity index (χ4v) is 3.24. The van der Waals surface area contributed by atoms with Gasteiger partial charge in [-0.25, -0.2) is 10.2 Å². The lowest BCUT2D eigenvalue weighted by atomic mass is 9.75. The third-order valence-electron chi connectivity index (χ3n) is 4.42. The summed E-state index contributed by atoms with van der Waals surface area (Å²) in [5, 5.41) is 13.6. The molecule has 3 rings (SSSR count). The highest BCUT2D eigenvalue weighted by atomic mass is 16.5. The number of hydrogen-bond donors (Lipinski definition) is 2. The molecule has 0 aliphatic heterocycles. The van der Waals surface area contributed by atoms with Crippen LogP contribution in [0.2, 0.25) is 0 Å². The van der Waals surface area contributed by atoms with Crippen LogP contribution in [0.15, 0.2) is 39.9 Å². The van der Waals surface area contributed by atoms with Crippen molar-refractivity contribution in [2.24, 2.45) is 10.5 Å². The molecular formula is C20H22N2O5. The van der Waals surface area contributed by atoms with E-state index in [9.17, 15) is 14.7 Å². The zero-order chi connectivity index (χ0) is 19.6. The van der Waals surface area contributed by atoms with Crippen molar-refractivity contribution in [3.8, 4) is 5.75 Å². The molecule has 1 heterocycles. The Bertz CT molecular complexity index is 897. The van der Waals surface area contributed by atoms with Crippen LogP contribution < -0.4 is 10.2 Å². The Labute approximate surface area is 157 Å². The summed E-state index contributed by atoms with van der Waals surface area (Å²) in [7, 11) is 0. The molecular weight excluding hydrogens is 348 g/mol. The highest BCUT2D eigenvalue weighted by Crippen LogP contribution is 2.38. The van der Waals surface area contributed by atoms with Crippen molar-refractivity contribution < 1.29 is 23.8 Å². The second kappa shape index (κ2) is 7.26. The molecule has 0 saturated heterocycles. The number of carbonyl (C=O) groups excluding carboxylic acids is 1. The number of carboxylic acid groups (broad SMARTS) is 1. The van der Waals surface area contributed by atoms with Gasteiger partial charge >= 0.3 is 5.97 Å². The fourth-order valence-electron chi connectivity index (χ4n) is 3.24. The molecule has 1 amide bonds. The van der Waals surface area contributed by atoms with Gasteiger partial charge in [-0.2, -0.15) is 5.10 Å². The van der Waals surface area contributed by atoms with Gasteiger partial charge in [-0.1, -0.05) is 32.0 Å². The van der Waals surface area contributed by atoms with E-state index >= 15 is 0 Å². The number of benzene rings is 1. The Balaban J connectivity index is 1.77. The van der Waals surface area contributed by atoms with Gasteiger partial charge in [-0.3, -0.25) is 4.79 Å². The number of furan rings is 1. The van der Waals surface area contributed by atoms with E-state index in [0.29, 0.717) is 41.2 Å². The van der Waals surface area contributed by atoms with Crippen molar-refractivity contribution in [1.29, 1.82) is 0 Å². The largest absolute Gasteiger partial charge is 0.484 e. The van der Waals surface area contributed by atoms with E-state index in [0.717, 1.165) is 0 Å². The molecule has 1 aliphatic rings. The molecule has 0 spiro atoms. The standard InChI is InChI=1S/C20H22N2O5/c1-12-17-14(9-20(2,3)10-15(17)27-18(12)19(24)25)21-22-16(23)11-26-13-7-5-4-6-8-13/h4-8H,9-11H2,1-3H3,(H,22,23)(H,24,25)/b21-14+. The highest BCUT2D eigenvalue weighted by molar-refractivity contribution is 6.06. The zero-order valence-electron chi connectivity index (χ0n) is 15.5. The first-order valence-corrected chi connectivity index (χ1v) is 8.66. The minimum Gasteiger partial charge on any atom is -0.484 e. The van der Waals surface area contributed by atoms with Gasteiger partial charge < -0.3 is 14.3 Å². The number of nitrogens with zero attached hydrogens (tertiary/aromatic N) is 1. The SMILES string of the molecule is Cc1c(C(=O)O)oc2c1/C(=N/NC(=O)COc1ccccc1)CC(C)(C)C2. The Kier molecular flexibility index (Phi) is 5.03. The molecule has 1 aliphatic carbocycles. The second-order valence-corrected chi connectivity index (χ2v) is 7.37.